The molecule has 1 heterocycles. The molecule has 0 atom stereocenters. The van der Waals surface area contributed by atoms with E-state index >= 15 is 0 Å². The number of halogens is 5. The SMILES string of the molecule is Fc1ccccc1-n1c(SCc2ccc(C(F)(F)F)cc2)nnc1-c1ccccc1Cl. The summed E-state index contributed by atoms with van der Waals surface area (Å²) < 4.78 is 54.5. The second kappa shape index (κ2) is 8.72. The summed E-state index contributed by atoms with van der Waals surface area (Å²) in [5, 5.41) is 9.23. The smallest absolute Gasteiger partial charge is 0.267 e. The zero-order chi connectivity index (χ0) is 22.0. The van der Waals surface area contributed by atoms with Gasteiger partial charge in [0.1, 0.15) is 5.82 Å². The Bertz CT molecular complexity index is 1210. The Balaban J connectivity index is 1.70. The van der Waals surface area contributed by atoms with Gasteiger partial charge in [-0.15, -0.1) is 10.2 Å². The standard InChI is InChI=1S/C22H14ClF4N3S/c23-17-6-2-1-5-16(17)20-28-29-21(30(20)19-8-4-3-7-18(19)24)31-13-14-9-11-15(12-10-14)22(25,26)27/h1-12H,13H2. The van der Waals surface area contributed by atoms with E-state index in [4.69, 9.17) is 11.6 Å². The highest BCUT2D eigenvalue weighted by molar-refractivity contribution is 7.98. The summed E-state index contributed by atoms with van der Waals surface area (Å²) in [6.07, 6.45) is -4.39. The molecule has 0 aliphatic rings. The third-order valence-corrected chi connectivity index (χ3v) is 5.82. The van der Waals surface area contributed by atoms with E-state index in [-0.39, 0.29) is 5.69 Å². The fourth-order valence-electron chi connectivity index (χ4n) is 2.97. The highest BCUT2D eigenvalue weighted by Gasteiger charge is 2.30. The van der Waals surface area contributed by atoms with Crippen LogP contribution in [0.15, 0.2) is 78.0 Å². The Morgan fingerprint density at radius 3 is 2.23 bits per heavy atom. The molecule has 0 radical (unpaired) electrons. The minimum absolute atomic E-state index is 0.248. The molecule has 0 spiro atoms. The van der Waals surface area contributed by atoms with Gasteiger partial charge in [0.15, 0.2) is 11.0 Å². The summed E-state index contributed by atoms with van der Waals surface area (Å²) in [5.74, 6) is 0.227. The summed E-state index contributed by atoms with van der Waals surface area (Å²) in [4.78, 5) is 0. The zero-order valence-electron chi connectivity index (χ0n) is 15.8. The monoisotopic (exact) mass is 463 g/mol. The van der Waals surface area contributed by atoms with Gasteiger partial charge in [0.2, 0.25) is 0 Å². The number of para-hydroxylation sites is 1. The van der Waals surface area contributed by atoms with E-state index in [9.17, 15) is 17.6 Å². The van der Waals surface area contributed by atoms with Crippen molar-refractivity contribution in [1.82, 2.24) is 14.8 Å². The summed E-state index contributed by atoms with van der Waals surface area (Å²) in [6, 6.07) is 18.1. The number of hydrogen-bond donors (Lipinski definition) is 0. The molecule has 4 aromatic rings. The van der Waals surface area contributed by atoms with Crippen LogP contribution in [0.25, 0.3) is 17.1 Å². The number of hydrogen-bond acceptors (Lipinski definition) is 3. The van der Waals surface area contributed by atoms with Crippen molar-refractivity contribution in [3.8, 4) is 17.1 Å². The first-order valence-electron chi connectivity index (χ1n) is 9.09. The third-order valence-electron chi connectivity index (χ3n) is 4.49. The van der Waals surface area contributed by atoms with E-state index in [0.29, 0.717) is 32.9 Å². The molecule has 0 N–H and O–H groups in total. The molecule has 0 aliphatic carbocycles. The van der Waals surface area contributed by atoms with Crippen molar-refractivity contribution in [1.29, 1.82) is 0 Å². The van der Waals surface area contributed by atoms with Crippen molar-refractivity contribution >= 4 is 23.4 Å². The molecule has 4 rings (SSSR count). The van der Waals surface area contributed by atoms with Crippen LogP contribution in [-0.4, -0.2) is 14.8 Å². The van der Waals surface area contributed by atoms with E-state index < -0.39 is 17.6 Å². The molecule has 0 saturated heterocycles. The highest BCUT2D eigenvalue weighted by Crippen LogP contribution is 2.34. The molecule has 0 amide bonds. The number of thioether (sulfide) groups is 1. The maximum atomic E-state index is 14.6. The number of rotatable bonds is 5. The topological polar surface area (TPSA) is 30.7 Å². The van der Waals surface area contributed by atoms with Gasteiger partial charge >= 0.3 is 6.18 Å². The van der Waals surface area contributed by atoms with Crippen LogP contribution in [0.2, 0.25) is 5.02 Å². The summed E-state index contributed by atoms with van der Waals surface area (Å²) in [5.41, 5.74) is 0.788. The second-order valence-electron chi connectivity index (χ2n) is 6.56. The quantitative estimate of drug-likeness (QED) is 0.235. The second-order valence-corrected chi connectivity index (χ2v) is 7.91. The Labute approximate surface area is 184 Å². The lowest BCUT2D eigenvalue weighted by atomic mass is 10.1. The number of nitrogens with zero attached hydrogens (tertiary/aromatic N) is 3. The number of alkyl halides is 3. The first kappa shape index (κ1) is 21.4. The lowest BCUT2D eigenvalue weighted by Crippen LogP contribution is -2.04. The van der Waals surface area contributed by atoms with Crippen molar-refractivity contribution in [3.05, 3.63) is 94.8 Å². The average molecular weight is 464 g/mol. The van der Waals surface area contributed by atoms with E-state index in [2.05, 4.69) is 10.2 Å². The predicted molar refractivity (Wildman–Crippen MR) is 113 cm³/mol. The van der Waals surface area contributed by atoms with E-state index in [1.54, 1.807) is 47.0 Å². The molecule has 0 fully saturated rings. The fraction of sp³-hybridized carbons (Fsp3) is 0.0909. The Hall–Kier alpha value is -2.84. The first-order chi connectivity index (χ1) is 14.8. The van der Waals surface area contributed by atoms with Gasteiger partial charge in [-0.25, -0.2) is 4.39 Å². The molecule has 3 nitrogen and oxygen atoms in total. The van der Waals surface area contributed by atoms with Gasteiger partial charge in [0.25, 0.3) is 0 Å². The van der Waals surface area contributed by atoms with Crippen molar-refractivity contribution in [2.75, 3.05) is 0 Å². The van der Waals surface area contributed by atoms with Gasteiger partial charge in [-0.3, -0.25) is 4.57 Å². The minimum atomic E-state index is -4.39. The lowest BCUT2D eigenvalue weighted by molar-refractivity contribution is -0.137. The number of benzene rings is 3. The fourth-order valence-corrected chi connectivity index (χ4v) is 4.09. The highest BCUT2D eigenvalue weighted by atomic mass is 35.5. The molecule has 0 unspecified atom stereocenters. The van der Waals surface area contributed by atoms with E-state index in [0.717, 1.165) is 12.1 Å². The summed E-state index contributed by atoms with van der Waals surface area (Å²) in [6.45, 7) is 0. The Morgan fingerprint density at radius 1 is 0.871 bits per heavy atom. The van der Waals surface area contributed by atoms with Crippen LogP contribution in [0.4, 0.5) is 17.6 Å². The average Bonchev–Trinajstić information content (AvgIpc) is 3.16. The summed E-state index contributed by atoms with van der Waals surface area (Å²) >= 11 is 7.56. The normalized spacial score (nSPS) is 11.6. The van der Waals surface area contributed by atoms with Gasteiger partial charge in [-0.05, 0) is 42.0 Å². The van der Waals surface area contributed by atoms with Crippen LogP contribution >= 0.6 is 23.4 Å². The van der Waals surface area contributed by atoms with Crippen molar-refractivity contribution in [2.45, 2.75) is 17.1 Å². The van der Waals surface area contributed by atoms with Crippen LogP contribution in [0.1, 0.15) is 11.1 Å². The van der Waals surface area contributed by atoms with Crippen LogP contribution in [0.3, 0.4) is 0 Å². The van der Waals surface area contributed by atoms with E-state index in [1.807, 2.05) is 0 Å². The third kappa shape index (κ3) is 4.60. The van der Waals surface area contributed by atoms with Crippen molar-refractivity contribution in [3.63, 3.8) is 0 Å². The van der Waals surface area contributed by atoms with Gasteiger partial charge in [0, 0.05) is 11.3 Å². The first-order valence-corrected chi connectivity index (χ1v) is 10.4. The summed E-state index contributed by atoms with van der Waals surface area (Å²) in [7, 11) is 0. The molecular formula is C22H14ClF4N3S. The largest absolute Gasteiger partial charge is 0.416 e. The Morgan fingerprint density at radius 2 is 1.55 bits per heavy atom. The zero-order valence-corrected chi connectivity index (χ0v) is 17.3. The molecule has 31 heavy (non-hydrogen) atoms. The van der Waals surface area contributed by atoms with E-state index in [1.165, 1.54) is 30.0 Å². The van der Waals surface area contributed by atoms with Crippen LogP contribution in [0, 0.1) is 5.82 Å². The van der Waals surface area contributed by atoms with Crippen LogP contribution in [-0.2, 0) is 11.9 Å². The maximum absolute atomic E-state index is 14.6. The maximum Gasteiger partial charge on any atom is 0.416 e. The molecule has 3 aromatic carbocycles. The molecule has 1 aromatic heterocycles. The molecular weight excluding hydrogens is 450 g/mol. The number of aromatic nitrogens is 3. The Kier molecular flexibility index (Phi) is 6.02. The lowest BCUT2D eigenvalue weighted by Gasteiger charge is -2.12. The van der Waals surface area contributed by atoms with Crippen molar-refractivity contribution in [2.24, 2.45) is 0 Å². The molecule has 0 bridgehead atoms. The van der Waals surface area contributed by atoms with Gasteiger partial charge in [0.05, 0.1) is 16.3 Å². The molecule has 158 valence electrons. The van der Waals surface area contributed by atoms with Gasteiger partial charge < -0.3 is 0 Å². The van der Waals surface area contributed by atoms with Gasteiger partial charge in [-0.2, -0.15) is 13.2 Å². The van der Waals surface area contributed by atoms with Crippen molar-refractivity contribution < 1.29 is 17.6 Å². The van der Waals surface area contributed by atoms with Crippen LogP contribution in [0.5, 0.6) is 0 Å². The molecule has 0 aliphatic heterocycles. The predicted octanol–water partition coefficient (Wildman–Crippen LogP) is 7.04. The molecule has 0 saturated carbocycles. The molecule has 9 heteroatoms. The minimum Gasteiger partial charge on any atom is -0.267 e. The van der Waals surface area contributed by atoms with Crippen LogP contribution < -0.4 is 0 Å². The van der Waals surface area contributed by atoms with Gasteiger partial charge in [-0.1, -0.05) is 59.8 Å².